The quantitative estimate of drug-likeness (QED) is 0.701. The van der Waals surface area contributed by atoms with E-state index in [9.17, 15) is 8.42 Å². The van der Waals surface area contributed by atoms with E-state index in [0.717, 1.165) is 0 Å². The van der Waals surface area contributed by atoms with Crippen LogP contribution in [0.4, 0.5) is 0 Å². The summed E-state index contributed by atoms with van der Waals surface area (Å²) in [5.74, 6) is -0.393. The van der Waals surface area contributed by atoms with Gasteiger partial charge in [0, 0.05) is 0 Å². The standard InChI is InChI=1S/C4H6Cl4O4S/c5-1-3(7)11-13(9,10)12-4(8)2-6/h3-4H,1-2H2. The molecule has 0 aliphatic heterocycles. The maximum Gasteiger partial charge on any atom is 0.402 e. The highest BCUT2D eigenvalue weighted by Gasteiger charge is 2.21. The Kier molecular flexibility index (Phi) is 7.02. The van der Waals surface area contributed by atoms with Crippen LogP contribution in [0.1, 0.15) is 0 Å². The van der Waals surface area contributed by atoms with Crippen LogP contribution in [0.3, 0.4) is 0 Å². The smallest absolute Gasteiger partial charge is 0.227 e. The van der Waals surface area contributed by atoms with E-state index in [4.69, 9.17) is 46.4 Å². The molecule has 0 spiro atoms. The molecule has 13 heavy (non-hydrogen) atoms. The third-order valence-corrected chi connectivity index (χ3v) is 3.20. The summed E-state index contributed by atoms with van der Waals surface area (Å²) in [6.07, 6.45) is 0. The molecule has 9 heteroatoms. The minimum absolute atomic E-state index is 0.196. The van der Waals surface area contributed by atoms with E-state index < -0.39 is 21.5 Å². The van der Waals surface area contributed by atoms with Crippen molar-refractivity contribution >= 4 is 56.8 Å². The van der Waals surface area contributed by atoms with Crippen molar-refractivity contribution in [3.8, 4) is 0 Å². The summed E-state index contributed by atoms with van der Waals surface area (Å²) in [5.41, 5.74) is -2.38. The second kappa shape index (κ2) is 6.50. The molecule has 0 N–H and O–H groups in total. The predicted molar refractivity (Wildman–Crippen MR) is 51.8 cm³/mol. The molecular weight excluding hydrogens is 286 g/mol. The molecule has 0 aliphatic rings. The summed E-state index contributed by atoms with van der Waals surface area (Å²) < 4.78 is 30.1. The average Bonchev–Trinajstić information content (AvgIpc) is 2.02. The van der Waals surface area contributed by atoms with Crippen LogP contribution in [-0.2, 0) is 18.8 Å². The molecule has 0 aliphatic carbocycles. The third-order valence-electron chi connectivity index (χ3n) is 0.687. The minimum atomic E-state index is -4.24. The van der Waals surface area contributed by atoms with E-state index in [1.165, 1.54) is 0 Å². The number of halogens is 4. The Balaban J connectivity index is 4.09. The van der Waals surface area contributed by atoms with Crippen LogP contribution in [0.25, 0.3) is 0 Å². The average molecular weight is 292 g/mol. The normalized spacial score (nSPS) is 16.9. The van der Waals surface area contributed by atoms with Crippen LogP contribution in [0.2, 0.25) is 0 Å². The molecule has 80 valence electrons. The van der Waals surface area contributed by atoms with E-state index in [1.807, 2.05) is 0 Å². The van der Waals surface area contributed by atoms with Gasteiger partial charge in [0.2, 0.25) is 0 Å². The van der Waals surface area contributed by atoms with Gasteiger partial charge >= 0.3 is 10.4 Å². The predicted octanol–water partition coefficient (Wildman–Crippen LogP) is 1.87. The number of hydrogen-bond acceptors (Lipinski definition) is 4. The van der Waals surface area contributed by atoms with Gasteiger partial charge in [-0.05, 0) is 0 Å². The summed E-state index contributed by atoms with van der Waals surface area (Å²) in [6.45, 7) is 0. The molecule has 2 atom stereocenters. The molecule has 0 fully saturated rings. The molecule has 0 heterocycles. The van der Waals surface area contributed by atoms with Gasteiger partial charge < -0.3 is 0 Å². The fraction of sp³-hybridized carbons (Fsp3) is 1.00. The molecule has 0 aromatic carbocycles. The molecule has 0 rings (SSSR count). The summed E-state index contributed by atoms with van der Waals surface area (Å²) in [5, 5.41) is 0. The summed E-state index contributed by atoms with van der Waals surface area (Å²) in [7, 11) is -4.24. The maximum absolute atomic E-state index is 10.8. The molecule has 0 bridgehead atoms. The minimum Gasteiger partial charge on any atom is -0.227 e. The largest absolute Gasteiger partial charge is 0.402 e. The van der Waals surface area contributed by atoms with E-state index in [0.29, 0.717) is 0 Å². The Bertz CT molecular complexity index is 212. The zero-order valence-corrected chi connectivity index (χ0v) is 9.96. The first kappa shape index (κ1) is 14.0. The molecule has 0 aromatic rings. The highest BCUT2D eigenvalue weighted by molar-refractivity contribution is 7.82. The molecule has 0 saturated carbocycles. The van der Waals surface area contributed by atoms with E-state index in [1.54, 1.807) is 0 Å². The lowest BCUT2D eigenvalue weighted by Crippen LogP contribution is -2.21. The van der Waals surface area contributed by atoms with Gasteiger partial charge in [0.15, 0.2) is 11.1 Å². The van der Waals surface area contributed by atoms with Crippen molar-refractivity contribution in [2.75, 3.05) is 11.8 Å². The van der Waals surface area contributed by atoms with Gasteiger partial charge in [0.25, 0.3) is 0 Å². The van der Waals surface area contributed by atoms with Crippen LogP contribution in [0.5, 0.6) is 0 Å². The van der Waals surface area contributed by atoms with Gasteiger partial charge in [0.1, 0.15) is 0 Å². The SMILES string of the molecule is O=S(=O)(OC(Cl)CCl)OC(Cl)CCl. The van der Waals surface area contributed by atoms with Gasteiger partial charge in [-0.2, -0.15) is 8.42 Å². The van der Waals surface area contributed by atoms with E-state index in [-0.39, 0.29) is 11.8 Å². The number of alkyl halides is 4. The monoisotopic (exact) mass is 290 g/mol. The van der Waals surface area contributed by atoms with Crippen molar-refractivity contribution in [1.82, 2.24) is 0 Å². The number of hydrogen-bond donors (Lipinski definition) is 0. The Morgan fingerprint density at radius 2 is 1.31 bits per heavy atom. The van der Waals surface area contributed by atoms with Gasteiger partial charge in [-0.15, -0.1) is 23.2 Å². The molecule has 2 unspecified atom stereocenters. The second-order valence-corrected chi connectivity index (χ2v) is 4.52. The van der Waals surface area contributed by atoms with E-state index in [2.05, 4.69) is 8.37 Å². The van der Waals surface area contributed by atoms with Crippen molar-refractivity contribution in [2.45, 2.75) is 11.1 Å². The van der Waals surface area contributed by atoms with Crippen molar-refractivity contribution < 1.29 is 16.8 Å². The summed E-state index contributed by atoms with van der Waals surface area (Å²) >= 11 is 21.0. The first-order valence-corrected chi connectivity index (χ1v) is 6.20. The van der Waals surface area contributed by atoms with Gasteiger partial charge in [-0.1, -0.05) is 23.2 Å². The lowest BCUT2D eigenvalue weighted by molar-refractivity contribution is 0.202. The highest BCUT2D eigenvalue weighted by Crippen LogP contribution is 2.12. The molecule has 4 nitrogen and oxygen atoms in total. The first-order valence-electron chi connectivity index (χ1n) is 2.93. The van der Waals surface area contributed by atoms with Crippen molar-refractivity contribution in [1.29, 1.82) is 0 Å². The zero-order chi connectivity index (χ0) is 10.5. The van der Waals surface area contributed by atoms with Crippen LogP contribution < -0.4 is 0 Å². The van der Waals surface area contributed by atoms with Crippen LogP contribution in [0.15, 0.2) is 0 Å². The zero-order valence-electron chi connectivity index (χ0n) is 6.12. The Hall–Kier alpha value is 1.03. The fourth-order valence-corrected chi connectivity index (χ4v) is 1.83. The summed E-state index contributed by atoms with van der Waals surface area (Å²) in [4.78, 5) is 0. The number of rotatable bonds is 6. The summed E-state index contributed by atoms with van der Waals surface area (Å²) in [6, 6.07) is 0. The molecule has 0 aromatic heterocycles. The van der Waals surface area contributed by atoms with Crippen molar-refractivity contribution in [3.05, 3.63) is 0 Å². The highest BCUT2D eigenvalue weighted by atomic mass is 35.5. The fourth-order valence-electron chi connectivity index (χ4n) is 0.330. The molecule has 0 radical (unpaired) electrons. The topological polar surface area (TPSA) is 52.6 Å². The van der Waals surface area contributed by atoms with Crippen molar-refractivity contribution in [3.63, 3.8) is 0 Å². The van der Waals surface area contributed by atoms with Crippen molar-refractivity contribution in [2.24, 2.45) is 0 Å². The maximum atomic E-state index is 10.8. The molecular formula is C4H6Cl4O4S. The first-order chi connectivity index (χ1) is 5.91. The van der Waals surface area contributed by atoms with Crippen LogP contribution >= 0.6 is 46.4 Å². The van der Waals surface area contributed by atoms with Gasteiger partial charge in [0.05, 0.1) is 11.8 Å². The second-order valence-electron chi connectivity index (χ2n) is 1.73. The Labute approximate surface area is 96.3 Å². The van der Waals surface area contributed by atoms with Crippen LogP contribution in [-0.4, -0.2) is 31.3 Å². The molecule has 0 saturated heterocycles. The van der Waals surface area contributed by atoms with Crippen LogP contribution in [0, 0.1) is 0 Å². The third kappa shape index (κ3) is 7.02. The van der Waals surface area contributed by atoms with Gasteiger partial charge in [-0.25, -0.2) is 8.37 Å². The van der Waals surface area contributed by atoms with Gasteiger partial charge in [-0.3, -0.25) is 0 Å². The lowest BCUT2D eigenvalue weighted by atomic mass is 10.9. The Morgan fingerprint density at radius 3 is 1.54 bits per heavy atom. The van der Waals surface area contributed by atoms with E-state index >= 15 is 0 Å². The Morgan fingerprint density at radius 1 is 1.00 bits per heavy atom. The molecule has 0 amide bonds. The lowest BCUT2D eigenvalue weighted by Gasteiger charge is -2.10.